The highest BCUT2D eigenvalue weighted by Gasteiger charge is 2.13. The first-order valence-electron chi connectivity index (χ1n) is 10.9. The molecule has 2 aromatic carbocycles. The van der Waals surface area contributed by atoms with Crippen molar-refractivity contribution in [3.05, 3.63) is 58.6 Å². The first-order chi connectivity index (χ1) is 15.5. The quantitative estimate of drug-likeness (QED) is 0.512. The van der Waals surface area contributed by atoms with Crippen LogP contribution in [0.1, 0.15) is 24.5 Å². The Balaban J connectivity index is 1.60. The van der Waals surface area contributed by atoms with Gasteiger partial charge in [0.2, 0.25) is 5.91 Å². The molecule has 7 heteroatoms. The van der Waals surface area contributed by atoms with E-state index in [9.17, 15) is 4.79 Å². The maximum absolute atomic E-state index is 12.6. The van der Waals surface area contributed by atoms with Crippen LogP contribution >= 0.6 is 11.6 Å². The van der Waals surface area contributed by atoms with Crippen LogP contribution in [-0.4, -0.2) is 57.9 Å². The van der Waals surface area contributed by atoms with Gasteiger partial charge >= 0.3 is 0 Å². The van der Waals surface area contributed by atoms with Crippen LogP contribution in [0.3, 0.4) is 0 Å². The zero-order valence-corrected chi connectivity index (χ0v) is 19.7. The third kappa shape index (κ3) is 6.40. The molecule has 1 saturated heterocycles. The average molecular weight is 459 g/mol. The van der Waals surface area contributed by atoms with Gasteiger partial charge in [-0.1, -0.05) is 30.7 Å². The van der Waals surface area contributed by atoms with Crippen molar-refractivity contribution in [3.63, 3.8) is 0 Å². The van der Waals surface area contributed by atoms with Crippen molar-refractivity contribution in [1.29, 1.82) is 0 Å². The molecule has 0 aliphatic carbocycles. The molecule has 0 aromatic heterocycles. The predicted molar refractivity (Wildman–Crippen MR) is 129 cm³/mol. The molecule has 2 aromatic rings. The zero-order chi connectivity index (χ0) is 22.9. The van der Waals surface area contributed by atoms with E-state index in [1.165, 1.54) is 5.69 Å². The fraction of sp³-hybridized carbons (Fsp3) is 0.400. The molecule has 1 amide bonds. The Bertz CT molecular complexity index is 924. The van der Waals surface area contributed by atoms with Crippen molar-refractivity contribution in [3.8, 4) is 11.5 Å². The van der Waals surface area contributed by atoms with E-state index in [0.717, 1.165) is 43.9 Å². The van der Waals surface area contributed by atoms with Crippen molar-refractivity contribution in [1.82, 2.24) is 4.90 Å². The summed E-state index contributed by atoms with van der Waals surface area (Å²) in [6.07, 6.45) is 4.15. The molecule has 0 bridgehead atoms. The van der Waals surface area contributed by atoms with Gasteiger partial charge in [-0.3, -0.25) is 4.79 Å². The maximum Gasteiger partial charge on any atom is 0.246 e. The number of amides is 1. The number of ether oxygens (including phenoxy) is 3. The van der Waals surface area contributed by atoms with E-state index in [4.69, 9.17) is 25.8 Å². The lowest BCUT2D eigenvalue weighted by Crippen LogP contribution is -2.36. The molecule has 0 N–H and O–H groups in total. The number of hydrogen-bond acceptors (Lipinski definition) is 5. The molecular formula is C25H31ClN2O4. The number of morpholine rings is 1. The predicted octanol–water partition coefficient (Wildman–Crippen LogP) is 4.65. The highest BCUT2D eigenvalue weighted by atomic mass is 35.5. The van der Waals surface area contributed by atoms with Crippen LogP contribution in [0.25, 0.3) is 6.08 Å². The van der Waals surface area contributed by atoms with E-state index in [1.54, 1.807) is 37.3 Å². The summed E-state index contributed by atoms with van der Waals surface area (Å²) in [4.78, 5) is 16.6. The summed E-state index contributed by atoms with van der Waals surface area (Å²) in [5.74, 6) is 0.979. The Morgan fingerprint density at radius 3 is 2.59 bits per heavy atom. The molecule has 1 aliphatic heterocycles. The normalized spacial score (nSPS) is 13.9. The van der Waals surface area contributed by atoms with Gasteiger partial charge in [-0.25, -0.2) is 0 Å². The van der Waals surface area contributed by atoms with E-state index in [2.05, 4.69) is 29.2 Å². The van der Waals surface area contributed by atoms with E-state index in [0.29, 0.717) is 29.7 Å². The molecule has 0 saturated carbocycles. The van der Waals surface area contributed by atoms with E-state index in [-0.39, 0.29) is 5.91 Å². The molecular weight excluding hydrogens is 428 g/mol. The van der Waals surface area contributed by atoms with Crippen LogP contribution < -0.4 is 14.4 Å². The smallest absolute Gasteiger partial charge is 0.246 e. The van der Waals surface area contributed by atoms with Gasteiger partial charge in [-0.15, -0.1) is 0 Å². The molecule has 3 rings (SSSR count). The second-order valence-corrected chi connectivity index (χ2v) is 8.08. The van der Waals surface area contributed by atoms with Crippen molar-refractivity contribution < 1.29 is 19.0 Å². The Kier molecular flexibility index (Phi) is 8.82. The van der Waals surface area contributed by atoms with E-state index >= 15 is 0 Å². The lowest BCUT2D eigenvalue weighted by atomic mass is 10.1. The van der Waals surface area contributed by atoms with Crippen LogP contribution in [0, 0.1) is 0 Å². The average Bonchev–Trinajstić information content (AvgIpc) is 2.82. The number of carbonyl (C=O) groups excluding carboxylic acids is 1. The fourth-order valence-electron chi connectivity index (χ4n) is 3.46. The summed E-state index contributed by atoms with van der Waals surface area (Å²) in [5.41, 5.74) is 3.03. The van der Waals surface area contributed by atoms with Crippen molar-refractivity contribution in [2.24, 2.45) is 0 Å². The van der Waals surface area contributed by atoms with Gasteiger partial charge in [0.15, 0.2) is 11.5 Å². The van der Waals surface area contributed by atoms with E-state index in [1.807, 2.05) is 13.0 Å². The number of nitrogens with zero attached hydrogens (tertiary/aromatic N) is 2. The summed E-state index contributed by atoms with van der Waals surface area (Å²) in [7, 11) is 3.36. The standard InChI is InChI=1S/C25H31ClN2O4/c1-4-13-32-25-22(26)16-20(17-23(25)30-3)7-10-24(29)27(2)18-19-5-8-21(9-6-19)28-11-14-31-15-12-28/h5-10,16-17H,4,11-15,18H2,1-3H3/b10-7+. The first-order valence-corrected chi connectivity index (χ1v) is 11.2. The number of rotatable bonds is 9. The van der Waals surface area contributed by atoms with Crippen LogP contribution in [0.4, 0.5) is 5.69 Å². The number of halogens is 1. The molecule has 1 aliphatic rings. The summed E-state index contributed by atoms with van der Waals surface area (Å²) < 4.78 is 16.5. The lowest BCUT2D eigenvalue weighted by molar-refractivity contribution is -0.125. The molecule has 0 unspecified atom stereocenters. The molecule has 0 atom stereocenters. The maximum atomic E-state index is 12.6. The van der Waals surface area contributed by atoms with Gasteiger partial charge < -0.3 is 24.0 Å². The van der Waals surface area contributed by atoms with Crippen LogP contribution in [-0.2, 0) is 16.1 Å². The Labute approximate surface area is 195 Å². The fourth-order valence-corrected chi connectivity index (χ4v) is 3.73. The lowest BCUT2D eigenvalue weighted by Gasteiger charge is -2.29. The number of anilines is 1. The minimum Gasteiger partial charge on any atom is -0.493 e. The van der Waals surface area contributed by atoms with Crippen LogP contribution in [0.5, 0.6) is 11.5 Å². The largest absolute Gasteiger partial charge is 0.493 e. The van der Waals surface area contributed by atoms with Crippen LogP contribution in [0.15, 0.2) is 42.5 Å². The minimum absolute atomic E-state index is 0.0938. The van der Waals surface area contributed by atoms with Crippen LogP contribution in [0.2, 0.25) is 5.02 Å². The zero-order valence-electron chi connectivity index (χ0n) is 19.0. The SMILES string of the molecule is CCCOc1c(Cl)cc(/C=C/C(=O)N(C)Cc2ccc(N3CCOCC3)cc2)cc1OC. The van der Waals surface area contributed by atoms with Gasteiger partial charge in [0.05, 0.1) is 32.0 Å². The molecule has 172 valence electrons. The molecule has 1 fully saturated rings. The van der Waals surface area contributed by atoms with Gasteiger partial charge in [0, 0.05) is 38.4 Å². The third-order valence-corrected chi connectivity index (χ3v) is 5.51. The highest BCUT2D eigenvalue weighted by Crippen LogP contribution is 2.36. The Morgan fingerprint density at radius 1 is 1.22 bits per heavy atom. The summed E-state index contributed by atoms with van der Waals surface area (Å²) in [6, 6.07) is 11.9. The monoisotopic (exact) mass is 458 g/mol. The second kappa shape index (κ2) is 11.8. The molecule has 32 heavy (non-hydrogen) atoms. The summed E-state index contributed by atoms with van der Waals surface area (Å²) in [5, 5.41) is 0.457. The van der Waals surface area contributed by atoms with Gasteiger partial charge in [0.1, 0.15) is 0 Å². The summed E-state index contributed by atoms with van der Waals surface area (Å²) >= 11 is 6.36. The first kappa shape index (κ1) is 24.0. The third-order valence-electron chi connectivity index (χ3n) is 5.23. The number of benzene rings is 2. The molecule has 1 heterocycles. The number of likely N-dealkylation sites (N-methyl/N-ethyl adjacent to an activating group) is 1. The second-order valence-electron chi connectivity index (χ2n) is 7.68. The molecule has 0 radical (unpaired) electrons. The Morgan fingerprint density at radius 2 is 1.94 bits per heavy atom. The molecule has 0 spiro atoms. The number of carbonyl (C=O) groups is 1. The Hall–Kier alpha value is -2.70. The van der Waals surface area contributed by atoms with Crippen molar-refractivity contribution in [2.75, 3.05) is 52.0 Å². The van der Waals surface area contributed by atoms with Gasteiger partial charge in [-0.05, 0) is 47.9 Å². The van der Waals surface area contributed by atoms with Crippen molar-refractivity contribution >= 4 is 29.3 Å². The summed E-state index contributed by atoms with van der Waals surface area (Å²) in [6.45, 7) is 6.44. The van der Waals surface area contributed by atoms with Crippen molar-refractivity contribution in [2.45, 2.75) is 19.9 Å². The van der Waals surface area contributed by atoms with Gasteiger partial charge in [0.25, 0.3) is 0 Å². The van der Waals surface area contributed by atoms with E-state index < -0.39 is 0 Å². The number of hydrogen-bond donors (Lipinski definition) is 0. The number of methoxy groups -OCH3 is 1. The topological polar surface area (TPSA) is 51.2 Å². The molecule has 6 nitrogen and oxygen atoms in total. The highest BCUT2D eigenvalue weighted by molar-refractivity contribution is 6.32. The van der Waals surface area contributed by atoms with Gasteiger partial charge in [-0.2, -0.15) is 0 Å². The minimum atomic E-state index is -0.0938.